The molecular formula is C47H69NO9. The van der Waals surface area contributed by atoms with Gasteiger partial charge in [0.1, 0.15) is 24.7 Å². The predicted octanol–water partition coefficient (Wildman–Crippen LogP) is 10.6. The number of esters is 3. The Balaban J connectivity index is 1.66. The summed E-state index contributed by atoms with van der Waals surface area (Å²) in [5.74, 6) is -3.04. The van der Waals surface area contributed by atoms with Crippen molar-refractivity contribution in [2.45, 2.75) is 187 Å². The van der Waals surface area contributed by atoms with Crippen LogP contribution in [0.4, 0.5) is 0 Å². The van der Waals surface area contributed by atoms with Gasteiger partial charge >= 0.3 is 23.9 Å². The molecule has 1 saturated heterocycles. The maximum absolute atomic E-state index is 15.0. The minimum atomic E-state index is -1.56. The predicted molar refractivity (Wildman–Crippen MR) is 221 cm³/mol. The Morgan fingerprint density at radius 2 is 1.12 bits per heavy atom. The van der Waals surface area contributed by atoms with Crippen LogP contribution in [0.1, 0.15) is 173 Å². The standard InChI is InChI=1S/C47H69NO9/c1-4-5-6-7-8-10-13-16-25-34-47(45(54)56-37-39-29-22-19-23-30-39,44(53)48-40(32-33-41(49)50)43(52)57-46(48,2)3)35-26-17-14-11-9-12-15-24-31-42(51)55-36-38-27-20-18-21-28-38/h18-23,27-30,40H,4-17,24-26,31-37H2,1-3H3,(H,49,50)/t40-,47?/m0/s1. The van der Waals surface area contributed by atoms with E-state index in [1.165, 1.54) is 30.6 Å². The van der Waals surface area contributed by atoms with Crippen LogP contribution in [-0.4, -0.2) is 51.6 Å². The molecule has 3 rings (SSSR count). The molecule has 1 aliphatic heterocycles. The minimum absolute atomic E-state index is 0.0124. The molecule has 1 aliphatic rings. The Labute approximate surface area is 341 Å². The van der Waals surface area contributed by atoms with Crippen molar-refractivity contribution in [2.24, 2.45) is 5.41 Å². The summed E-state index contributed by atoms with van der Waals surface area (Å²) < 4.78 is 17.0. The topological polar surface area (TPSA) is 137 Å². The first kappa shape index (κ1) is 47.2. The number of ether oxygens (including phenoxy) is 3. The lowest BCUT2D eigenvalue weighted by Crippen LogP contribution is -2.57. The average molecular weight is 792 g/mol. The molecule has 2 atom stereocenters. The first-order valence-corrected chi connectivity index (χ1v) is 21.7. The zero-order valence-corrected chi connectivity index (χ0v) is 35.0. The van der Waals surface area contributed by atoms with Gasteiger partial charge in [0.25, 0.3) is 0 Å². The van der Waals surface area contributed by atoms with Crippen molar-refractivity contribution < 1.29 is 43.3 Å². The summed E-state index contributed by atoms with van der Waals surface area (Å²) in [6.07, 6.45) is 17.3. The van der Waals surface area contributed by atoms with Gasteiger partial charge in [-0.15, -0.1) is 0 Å². The second-order valence-electron chi connectivity index (χ2n) is 16.2. The van der Waals surface area contributed by atoms with Gasteiger partial charge in [0.05, 0.1) is 0 Å². The number of nitrogens with zero attached hydrogens (tertiary/aromatic N) is 1. The normalized spacial score (nSPS) is 15.8. The highest BCUT2D eigenvalue weighted by atomic mass is 16.6. The molecule has 1 heterocycles. The molecule has 10 heteroatoms. The quantitative estimate of drug-likeness (QED) is 0.0355. The Bertz CT molecular complexity index is 1490. The lowest BCUT2D eigenvalue weighted by molar-refractivity contribution is -0.175. The van der Waals surface area contributed by atoms with Gasteiger partial charge in [-0.25, -0.2) is 4.79 Å². The average Bonchev–Trinajstić information content (AvgIpc) is 3.44. The number of unbranched alkanes of at least 4 members (excludes halogenated alkanes) is 15. The number of carbonyl (C=O) groups is 5. The number of aliphatic carboxylic acids is 1. The van der Waals surface area contributed by atoms with Gasteiger partial charge in [-0.3, -0.25) is 24.1 Å². The van der Waals surface area contributed by atoms with E-state index >= 15 is 4.79 Å². The van der Waals surface area contributed by atoms with Crippen LogP contribution in [0.5, 0.6) is 0 Å². The van der Waals surface area contributed by atoms with Crippen molar-refractivity contribution >= 4 is 29.8 Å². The molecule has 316 valence electrons. The SMILES string of the molecule is CCCCCCCCCCCC(CCCCCCCCCCC(=O)OCc1ccccc1)(C(=O)OCc1ccccc1)C(=O)N1[C@@H](CCC(=O)O)C(=O)OC1(C)C. The molecule has 2 aromatic rings. The molecule has 1 unspecified atom stereocenters. The van der Waals surface area contributed by atoms with Crippen molar-refractivity contribution in [3.8, 4) is 0 Å². The van der Waals surface area contributed by atoms with Crippen LogP contribution in [0.3, 0.4) is 0 Å². The fourth-order valence-electron chi connectivity index (χ4n) is 7.76. The van der Waals surface area contributed by atoms with Crippen molar-refractivity contribution in [1.29, 1.82) is 0 Å². The molecule has 57 heavy (non-hydrogen) atoms. The number of hydrogen-bond donors (Lipinski definition) is 1. The van der Waals surface area contributed by atoms with E-state index in [0.717, 1.165) is 81.8 Å². The van der Waals surface area contributed by atoms with Crippen molar-refractivity contribution in [2.75, 3.05) is 0 Å². The molecule has 0 aromatic heterocycles. The molecule has 1 N–H and O–H groups in total. The molecule has 10 nitrogen and oxygen atoms in total. The Morgan fingerprint density at radius 3 is 1.61 bits per heavy atom. The lowest BCUT2D eigenvalue weighted by atomic mass is 9.75. The minimum Gasteiger partial charge on any atom is -0.481 e. The van der Waals surface area contributed by atoms with E-state index in [-0.39, 0.29) is 38.3 Å². The molecule has 2 aromatic carbocycles. The van der Waals surface area contributed by atoms with E-state index in [0.29, 0.717) is 25.9 Å². The summed E-state index contributed by atoms with van der Waals surface area (Å²) in [6, 6.07) is 17.9. The van der Waals surface area contributed by atoms with Crippen molar-refractivity contribution in [1.82, 2.24) is 4.90 Å². The summed E-state index contributed by atoms with van der Waals surface area (Å²) in [4.78, 5) is 67.7. The number of cyclic esters (lactones) is 1. The molecule has 1 fully saturated rings. The molecular weight excluding hydrogens is 723 g/mol. The number of amides is 1. The van der Waals surface area contributed by atoms with Crippen LogP contribution >= 0.6 is 0 Å². The van der Waals surface area contributed by atoms with Gasteiger partial charge in [-0.1, -0.05) is 170 Å². The smallest absolute Gasteiger partial charge is 0.331 e. The van der Waals surface area contributed by atoms with E-state index in [4.69, 9.17) is 14.2 Å². The van der Waals surface area contributed by atoms with Gasteiger partial charge in [0, 0.05) is 12.8 Å². The number of carboxylic acids is 1. The van der Waals surface area contributed by atoms with E-state index in [9.17, 15) is 24.3 Å². The van der Waals surface area contributed by atoms with E-state index in [1.54, 1.807) is 13.8 Å². The molecule has 0 aliphatic carbocycles. The van der Waals surface area contributed by atoms with Crippen LogP contribution in [0, 0.1) is 5.41 Å². The highest BCUT2D eigenvalue weighted by molar-refractivity contribution is 6.05. The largest absolute Gasteiger partial charge is 0.481 e. The van der Waals surface area contributed by atoms with Gasteiger partial charge in [-0.05, 0) is 50.7 Å². The Hall–Kier alpha value is -4.21. The Kier molecular flexibility index (Phi) is 21.5. The monoisotopic (exact) mass is 791 g/mol. The highest BCUT2D eigenvalue weighted by Crippen LogP contribution is 2.42. The number of carboxylic acid groups (broad SMARTS) is 1. The second kappa shape index (κ2) is 25.9. The van der Waals surface area contributed by atoms with Gasteiger partial charge in [0.15, 0.2) is 5.72 Å². The molecule has 0 spiro atoms. The molecule has 0 saturated carbocycles. The van der Waals surface area contributed by atoms with E-state index in [2.05, 4.69) is 6.92 Å². The van der Waals surface area contributed by atoms with Gasteiger partial charge in [-0.2, -0.15) is 0 Å². The van der Waals surface area contributed by atoms with Crippen LogP contribution in [0.2, 0.25) is 0 Å². The van der Waals surface area contributed by atoms with Crippen molar-refractivity contribution in [3.63, 3.8) is 0 Å². The zero-order chi connectivity index (χ0) is 41.4. The summed E-state index contributed by atoms with van der Waals surface area (Å²) in [6.45, 7) is 5.75. The van der Waals surface area contributed by atoms with Crippen LogP contribution < -0.4 is 0 Å². The molecule has 0 radical (unpaired) electrons. The van der Waals surface area contributed by atoms with Gasteiger partial charge in [0.2, 0.25) is 5.91 Å². The van der Waals surface area contributed by atoms with Crippen molar-refractivity contribution in [3.05, 3.63) is 71.8 Å². The highest BCUT2D eigenvalue weighted by Gasteiger charge is 2.58. The third kappa shape index (κ3) is 16.7. The fourth-order valence-corrected chi connectivity index (χ4v) is 7.76. The first-order valence-electron chi connectivity index (χ1n) is 21.7. The summed E-state index contributed by atoms with van der Waals surface area (Å²) in [7, 11) is 0. The van der Waals surface area contributed by atoms with Crippen LogP contribution in [-0.2, 0) is 51.4 Å². The zero-order valence-electron chi connectivity index (χ0n) is 35.0. The third-order valence-corrected chi connectivity index (χ3v) is 11.1. The van der Waals surface area contributed by atoms with Crippen LogP contribution in [0.15, 0.2) is 60.7 Å². The summed E-state index contributed by atoms with van der Waals surface area (Å²) >= 11 is 0. The summed E-state index contributed by atoms with van der Waals surface area (Å²) in [5.41, 5.74) is -1.14. The third-order valence-electron chi connectivity index (χ3n) is 11.1. The Morgan fingerprint density at radius 1 is 0.667 bits per heavy atom. The van der Waals surface area contributed by atoms with Gasteiger partial charge < -0.3 is 19.3 Å². The number of benzene rings is 2. The van der Waals surface area contributed by atoms with Crippen LogP contribution in [0.25, 0.3) is 0 Å². The first-order chi connectivity index (χ1) is 27.5. The lowest BCUT2D eigenvalue weighted by Gasteiger charge is -2.40. The number of carbonyl (C=O) groups excluding carboxylic acids is 4. The molecule has 1 amide bonds. The number of hydrogen-bond acceptors (Lipinski definition) is 8. The molecule has 0 bridgehead atoms. The summed E-state index contributed by atoms with van der Waals surface area (Å²) in [5, 5.41) is 9.47. The maximum atomic E-state index is 15.0. The van der Waals surface area contributed by atoms with E-state index in [1.807, 2.05) is 60.7 Å². The fraction of sp³-hybridized carbons (Fsp3) is 0.638. The maximum Gasteiger partial charge on any atom is 0.331 e. The van der Waals surface area contributed by atoms with E-state index < -0.39 is 41.0 Å². The number of rotatable bonds is 30. The second-order valence-corrected chi connectivity index (χ2v) is 16.2.